The predicted molar refractivity (Wildman–Crippen MR) is 125 cm³/mol. The van der Waals surface area contributed by atoms with Crippen molar-refractivity contribution in [3.8, 4) is 17.2 Å². The normalized spacial score (nSPS) is 19.2. The lowest BCUT2D eigenvalue weighted by atomic mass is 9.87. The summed E-state index contributed by atoms with van der Waals surface area (Å²) in [5, 5.41) is 24.4. The Balaban J connectivity index is 1.60. The minimum absolute atomic E-state index is 0.131. The SMILES string of the molecule is CCCn1nc(SC2CCC(CC(=O)O)CC2)c(OC(=O)O)c1Cc1cc2c(cc1Cl)OCO2. The van der Waals surface area contributed by atoms with Crippen LogP contribution in [0.5, 0.6) is 17.2 Å². The number of ether oxygens (including phenoxy) is 3. The molecular formula is C23H27ClN2O7S. The molecule has 9 nitrogen and oxygen atoms in total. The monoisotopic (exact) mass is 510 g/mol. The van der Waals surface area contributed by atoms with E-state index in [-0.39, 0.29) is 30.1 Å². The lowest BCUT2D eigenvalue weighted by molar-refractivity contribution is -0.138. The Hall–Kier alpha value is -2.59. The number of benzene rings is 1. The van der Waals surface area contributed by atoms with Crippen LogP contribution in [0, 0.1) is 5.92 Å². The molecule has 2 aliphatic rings. The molecule has 0 bridgehead atoms. The molecule has 2 heterocycles. The van der Waals surface area contributed by atoms with E-state index in [9.17, 15) is 14.7 Å². The zero-order valence-electron chi connectivity index (χ0n) is 18.8. The predicted octanol–water partition coefficient (Wildman–Crippen LogP) is 5.45. The molecule has 0 atom stereocenters. The number of carbonyl (C=O) groups is 2. The van der Waals surface area contributed by atoms with Crippen LogP contribution in [0.1, 0.15) is 56.7 Å². The van der Waals surface area contributed by atoms with Gasteiger partial charge in [-0.1, -0.05) is 30.3 Å². The van der Waals surface area contributed by atoms with E-state index in [0.717, 1.165) is 37.7 Å². The molecule has 1 aliphatic heterocycles. The Morgan fingerprint density at radius 1 is 1.21 bits per heavy atom. The molecule has 1 saturated carbocycles. The van der Waals surface area contributed by atoms with Crippen molar-refractivity contribution in [3.05, 3.63) is 28.4 Å². The van der Waals surface area contributed by atoms with Crippen LogP contribution in [-0.2, 0) is 17.8 Å². The third-order valence-corrected chi connectivity index (χ3v) is 7.69. The van der Waals surface area contributed by atoms with Crippen molar-refractivity contribution >= 4 is 35.5 Å². The molecule has 1 aromatic carbocycles. The maximum absolute atomic E-state index is 11.6. The van der Waals surface area contributed by atoms with E-state index in [0.29, 0.717) is 40.2 Å². The van der Waals surface area contributed by atoms with Gasteiger partial charge in [-0.05, 0) is 49.7 Å². The van der Waals surface area contributed by atoms with E-state index in [1.807, 2.05) is 6.92 Å². The van der Waals surface area contributed by atoms with Crippen molar-refractivity contribution < 1.29 is 34.0 Å². The van der Waals surface area contributed by atoms with Gasteiger partial charge in [0.15, 0.2) is 22.3 Å². The van der Waals surface area contributed by atoms with E-state index in [1.165, 1.54) is 11.8 Å². The third kappa shape index (κ3) is 5.72. The van der Waals surface area contributed by atoms with E-state index in [1.54, 1.807) is 16.8 Å². The number of hydrogen-bond acceptors (Lipinski definition) is 7. The summed E-state index contributed by atoms with van der Waals surface area (Å²) in [5.41, 5.74) is 1.39. The molecule has 4 rings (SSSR count). The quantitative estimate of drug-likeness (QED) is 0.424. The number of nitrogens with zero attached hydrogens (tertiary/aromatic N) is 2. The van der Waals surface area contributed by atoms with Crippen molar-refractivity contribution in [1.29, 1.82) is 0 Å². The smallest absolute Gasteiger partial charge is 0.481 e. The largest absolute Gasteiger partial charge is 0.511 e. The number of rotatable bonds is 9. The van der Waals surface area contributed by atoms with Crippen LogP contribution < -0.4 is 14.2 Å². The summed E-state index contributed by atoms with van der Waals surface area (Å²) >= 11 is 7.99. The van der Waals surface area contributed by atoms with Crippen LogP contribution in [0.2, 0.25) is 5.02 Å². The van der Waals surface area contributed by atoms with Gasteiger partial charge in [0.1, 0.15) is 0 Å². The van der Waals surface area contributed by atoms with Crippen molar-refractivity contribution in [3.63, 3.8) is 0 Å². The zero-order chi connectivity index (χ0) is 24.2. The van der Waals surface area contributed by atoms with Crippen molar-refractivity contribution in [2.45, 2.75) is 68.7 Å². The van der Waals surface area contributed by atoms with Crippen LogP contribution in [0.3, 0.4) is 0 Å². The van der Waals surface area contributed by atoms with Gasteiger partial charge in [-0.25, -0.2) is 4.79 Å². The molecular weight excluding hydrogens is 484 g/mol. The first-order chi connectivity index (χ1) is 16.3. The fourth-order valence-corrected chi connectivity index (χ4v) is 5.88. The van der Waals surface area contributed by atoms with Crippen LogP contribution in [-0.4, -0.2) is 44.2 Å². The van der Waals surface area contributed by atoms with Crippen LogP contribution in [0.4, 0.5) is 4.79 Å². The Morgan fingerprint density at radius 3 is 2.56 bits per heavy atom. The van der Waals surface area contributed by atoms with E-state index >= 15 is 0 Å². The molecule has 0 spiro atoms. The lowest BCUT2D eigenvalue weighted by Crippen LogP contribution is -2.18. The minimum Gasteiger partial charge on any atom is -0.481 e. The highest BCUT2D eigenvalue weighted by molar-refractivity contribution is 8.00. The van der Waals surface area contributed by atoms with Gasteiger partial charge in [-0.15, -0.1) is 0 Å². The second-order valence-electron chi connectivity index (χ2n) is 8.50. The number of carboxylic acids is 1. The Kier molecular flexibility index (Phi) is 7.77. The number of aliphatic carboxylic acids is 1. The van der Waals surface area contributed by atoms with E-state index in [2.05, 4.69) is 0 Å². The summed E-state index contributed by atoms with van der Waals surface area (Å²) in [6.45, 7) is 2.75. The third-order valence-electron chi connectivity index (χ3n) is 6.04. The maximum atomic E-state index is 11.6. The molecule has 2 aromatic rings. The fraction of sp³-hybridized carbons (Fsp3) is 0.522. The first-order valence-electron chi connectivity index (χ1n) is 11.3. The summed E-state index contributed by atoms with van der Waals surface area (Å²) in [6.07, 6.45) is 3.26. The second-order valence-corrected chi connectivity index (χ2v) is 10.2. The summed E-state index contributed by atoms with van der Waals surface area (Å²) in [4.78, 5) is 22.6. The van der Waals surface area contributed by atoms with E-state index in [4.69, 9.17) is 36.0 Å². The Labute approximate surface area is 206 Å². The number of aryl methyl sites for hydroxylation is 1. The summed E-state index contributed by atoms with van der Waals surface area (Å²) in [6, 6.07) is 3.50. The van der Waals surface area contributed by atoms with Crippen LogP contribution in [0.15, 0.2) is 17.2 Å². The molecule has 1 aromatic heterocycles. The molecule has 0 unspecified atom stereocenters. The molecule has 2 N–H and O–H groups in total. The topological polar surface area (TPSA) is 120 Å². The molecule has 184 valence electrons. The molecule has 0 amide bonds. The lowest BCUT2D eigenvalue weighted by Gasteiger charge is -2.26. The number of halogens is 1. The highest BCUT2D eigenvalue weighted by Gasteiger charge is 2.29. The first kappa shape index (κ1) is 24.5. The number of hydrogen-bond donors (Lipinski definition) is 2. The van der Waals surface area contributed by atoms with Gasteiger partial charge in [0.25, 0.3) is 0 Å². The van der Waals surface area contributed by atoms with E-state index < -0.39 is 12.1 Å². The molecule has 0 radical (unpaired) electrons. The molecule has 11 heteroatoms. The van der Waals surface area contributed by atoms with Crippen molar-refractivity contribution in [2.24, 2.45) is 5.92 Å². The highest BCUT2D eigenvalue weighted by Crippen LogP contribution is 2.43. The van der Waals surface area contributed by atoms with Gasteiger partial charge in [-0.3, -0.25) is 9.48 Å². The van der Waals surface area contributed by atoms with Gasteiger partial charge in [0.05, 0.1) is 5.69 Å². The van der Waals surface area contributed by atoms with Gasteiger partial charge >= 0.3 is 12.1 Å². The summed E-state index contributed by atoms with van der Waals surface area (Å²) in [7, 11) is 0. The molecule has 1 fully saturated rings. The Bertz CT molecular complexity index is 1070. The van der Waals surface area contributed by atoms with Gasteiger partial charge in [0, 0.05) is 35.7 Å². The molecule has 0 saturated heterocycles. The van der Waals surface area contributed by atoms with Crippen molar-refractivity contribution in [1.82, 2.24) is 9.78 Å². The van der Waals surface area contributed by atoms with Gasteiger partial charge in [-0.2, -0.15) is 5.10 Å². The van der Waals surface area contributed by atoms with Gasteiger partial charge in [0.2, 0.25) is 6.79 Å². The molecule has 34 heavy (non-hydrogen) atoms. The fourth-order valence-electron chi connectivity index (χ4n) is 4.43. The standard InChI is InChI=1S/C23H27ClN2O7S/c1-2-7-26-17(9-14-10-18-19(11-16(14)24)32-12-31-18)21(33-23(29)30)22(25-26)34-15-5-3-13(4-6-15)8-20(27)28/h10-11,13,15H,2-9,12H2,1H3,(H,27,28)(H,29,30). The number of thioether (sulfide) groups is 1. The zero-order valence-corrected chi connectivity index (χ0v) is 20.4. The summed E-state index contributed by atoms with van der Waals surface area (Å²) in [5.74, 6) is 0.818. The maximum Gasteiger partial charge on any atom is 0.511 e. The number of aromatic nitrogens is 2. The van der Waals surface area contributed by atoms with Crippen LogP contribution in [0.25, 0.3) is 0 Å². The number of fused-ring (bicyclic) bond motifs is 1. The average molecular weight is 511 g/mol. The minimum atomic E-state index is -1.40. The molecule has 1 aliphatic carbocycles. The average Bonchev–Trinajstić information content (AvgIpc) is 3.34. The van der Waals surface area contributed by atoms with Gasteiger partial charge < -0.3 is 24.4 Å². The summed E-state index contributed by atoms with van der Waals surface area (Å²) < 4.78 is 17.9. The Morgan fingerprint density at radius 2 is 1.91 bits per heavy atom. The van der Waals surface area contributed by atoms with Crippen LogP contribution >= 0.6 is 23.4 Å². The number of carboxylic acid groups (broad SMARTS) is 2. The second kappa shape index (κ2) is 10.8. The highest BCUT2D eigenvalue weighted by atomic mass is 35.5. The van der Waals surface area contributed by atoms with Crippen molar-refractivity contribution in [2.75, 3.05) is 6.79 Å². The first-order valence-corrected chi connectivity index (χ1v) is 12.6.